The van der Waals surface area contributed by atoms with Gasteiger partial charge < -0.3 is 4.74 Å². The Labute approximate surface area is 170 Å². The molecule has 6 nitrogen and oxygen atoms in total. The first kappa shape index (κ1) is 19.4. The molecule has 1 aliphatic heterocycles. The molecule has 0 amide bonds. The van der Waals surface area contributed by atoms with Crippen molar-refractivity contribution in [3.63, 3.8) is 0 Å². The molecule has 0 atom stereocenters. The number of aromatic nitrogens is 2. The molecule has 1 aliphatic rings. The predicted molar refractivity (Wildman–Crippen MR) is 110 cm³/mol. The molecule has 0 spiro atoms. The SMILES string of the molecule is CCOC(=O)c1nn(-c2ccc(C(C)C)cc2)c2c1CS(=O)(=O)c1ccccc1-2. The van der Waals surface area contributed by atoms with Crippen molar-refractivity contribution in [2.75, 3.05) is 6.61 Å². The van der Waals surface area contributed by atoms with Crippen molar-refractivity contribution in [2.45, 2.75) is 37.3 Å². The van der Waals surface area contributed by atoms with E-state index in [1.807, 2.05) is 24.3 Å². The number of sulfone groups is 1. The first-order valence-electron chi connectivity index (χ1n) is 9.55. The molecule has 0 N–H and O–H groups in total. The number of carbonyl (C=O) groups is 1. The molecule has 3 aromatic rings. The largest absolute Gasteiger partial charge is 0.461 e. The highest BCUT2D eigenvalue weighted by Crippen LogP contribution is 2.40. The van der Waals surface area contributed by atoms with Gasteiger partial charge in [-0.25, -0.2) is 17.9 Å². The minimum absolute atomic E-state index is 0.0489. The van der Waals surface area contributed by atoms with Crippen molar-refractivity contribution in [3.8, 4) is 16.9 Å². The Morgan fingerprint density at radius 1 is 1.14 bits per heavy atom. The van der Waals surface area contributed by atoms with Gasteiger partial charge in [-0.1, -0.05) is 44.2 Å². The molecule has 0 unspecified atom stereocenters. The van der Waals surface area contributed by atoms with Crippen LogP contribution in [0, 0.1) is 0 Å². The zero-order chi connectivity index (χ0) is 20.8. The number of rotatable bonds is 4. The van der Waals surface area contributed by atoms with E-state index in [9.17, 15) is 13.2 Å². The Balaban J connectivity index is 1.98. The molecule has 0 bridgehead atoms. The van der Waals surface area contributed by atoms with Crippen LogP contribution in [0.2, 0.25) is 0 Å². The van der Waals surface area contributed by atoms with Crippen molar-refractivity contribution in [3.05, 3.63) is 65.4 Å². The molecule has 0 saturated carbocycles. The van der Waals surface area contributed by atoms with Gasteiger partial charge in [-0.3, -0.25) is 0 Å². The molecule has 4 rings (SSSR count). The lowest BCUT2D eigenvalue weighted by atomic mass is 10.0. The molecule has 7 heteroatoms. The summed E-state index contributed by atoms with van der Waals surface area (Å²) in [7, 11) is -3.57. The zero-order valence-electron chi connectivity index (χ0n) is 16.5. The smallest absolute Gasteiger partial charge is 0.359 e. The number of nitrogens with zero attached hydrogens (tertiary/aromatic N) is 2. The lowest BCUT2D eigenvalue weighted by Crippen LogP contribution is -2.16. The van der Waals surface area contributed by atoms with Gasteiger partial charge in [0.15, 0.2) is 15.5 Å². The zero-order valence-corrected chi connectivity index (χ0v) is 17.4. The van der Waals surface area contributed by atoms with Gasteiger partial charge >= 0.3 is 5.97 Å². The van der Waals surface area contributed by atoms with Gasteiger partial charge in [-0.2, -0.15) is 5.10 Å². The molecule has 0 aliphatic carbocycles. The number of hydrogen-bond acceptors (Lipinski definition) is 5. The van der Waals surface area contributed by atoms with Gasteiger partial charge in [0.25, 0.3) is 0 Å². The van der Waals surface area contributed by atoms with Crippen LogP contribution in [0.15, 0.2) is 53.4 Å². The lowest BCUT2D eigenvalue weighted by molar-refractivity contribution is 0.0518. The number of fused-ring (bicyclic) bond motifs is 3. The third-order valence-corrected chi connectivity index (χ3v) is 6.76. The number of carbonyl (C=O) groups excluding carboxylic acids is 1. The topological polar surface area (TPSA) is 78.3 Å². The number of benzene rings is 2. The molecule has 29 heavy (non-hydrogen) atoms. The number of hydrogen-bond donors (Lipinski definition) is 0. The maximum absolute atomic E-state index is 12.8. The van der Waals surface area contributed by atoms with E-state index in [0.717, 1.165) is 5.69 Å². The number of esters is 1. The van der Waals surface area contributed by atoms with Crippen LogP contribution in [0.4, 0.5) is 0 Å². The highest BCUT2D eigenvalue weighted by molar-refractivity contribution is 7.90. The maximum atomic E-state index is 12.8. The minimum Gasteiger partial charge on any atom is -0.461 e. The molecular formula is C22H22N2O4S. The molecule has 2 heterocycles. The molecule has 0 fully saturated rings. The van der Waals surface area contributed by atoms with E-state index >= 15 is 0 Å². The van der Waals surface area contributed by atoms with Crippen molar-refractivity contribution in [1.29, 1.82) is 0 Å². The quantitative estimate of drug-likeness (QED) is 0.605. The van der Waals surface area contributed by atoms with Gasteiger partial charge in [-0.15, -0.1) is 0 Å². The predicted octanol–water partition coefficient (Wildman–Crippen LogP) is 4.13. The van der Waals surface area contributed by atoms with Gasteiger partial charge in [-0.05, 0) is 36.6 Å². The fraction of sp³-hybridized carbons (Fsp3) is 0.273. The van der Waals surface area contributed by atoms with E-state index in [-0.39, 0.29) is 22.9 Å². The van der Waals surface area contributed by atoms with Gasteiger partial charge in [0.1, 0.15) is 0 Å². The van der Waals surface area contributed by atoms with Crippen LogP contribution in [-0.4, -0.2) is 30.8 Å². The van der Waals surface area contributed by atoms with E-state index in [1.54, 1.807) is 35.9 Å². The second kappa shape index (κ2) is 7.15. The fourth-order valence-corrected chi connectivity index (χ4v) is 5.21. The third-order valence-electron chi connectivity index (χ3n) is 5.07. The summed E-state index contributed by atoms with van der Waals surface area (Å²) in [6, 6.07) is 14.7. The van der Waals surface area contributed by atoms with Crippen LogP contribution >= 0.6 is 0 Å². The Hall–Kier alpha value is -2.93. The second-order valence-corrected chi connectivity index (χ2v) is 9.27. The van der Waals surface area contributed by atoms with Crippen LogP contribution < -0.4 is 0 Å². The first-order valence-corrected chi connectivity index (χ1v) is 11.2. The van der Waals surface area contributed by atoms with Crippen molar-refractivity contribution < 1.29 is 17.9 Å². The first-order chi connectivity index (χ1) is 13.8. The van der Waals surface area contributed by atoms with Crippen LogP contribution in [0.5, 0.6) is 0 Å². The summed E-state index contributed by atoms with van der Waals surface area (Å²) in [4.78, 5) is 12.8. The van der Waals surface area contributed by atoms with Crippen LogP contribution in [0.3, 0.4) is 0 Å². The highest BCUT2D eigenvalue weighted by atomic mass is 32.2. The molecule has 0 saturated heterocycles. The fourth-order valence-electron chi connectivity index (χ4n) is 3.62. The summed E-state index contributed by atoms with van der Waals surface area (Å²) in [5, 5.41) is 4.50. The summed E-state index contributed by atoms with van der Waals surface area (Å²) in [6.07, 6.45) is 0. The Kier molecular flexibility index (Phi) is 4.78. The standard InChI is InChI=1S/C22H22N2O4S/c1-4-28-22(25)20-18-13-29(26,27)19-8-6-5-7-17(19)21(18)24(23-20)16-11-9-15(10-12-16)14(2)3/h5-12,14H,4,13H2,1-3H3. The third kappa shape index (κ3) is 3.25. The molecule has 1 aromatic heterocycles. The Morgan fingerprint density at radius 2 is 1.83 bits per heavy atom. The molecule has 2 aromatic carbocycles. The molecular weight excluding hydrogens is 388 g/mol. The monoisotopic (exact) mass is 410 g/mol. The van der Waals surface area contributed by atoms with Crippen LogP contribution in [-0.2, 0) is 20.3 Å². The van der Waals surface area contributed by atoms with E-state index < -0.39 is 15.8 Å². The number of ether oxygens (including phenoxy) is 1. The molecule has 150 valence electrons. The normalized spacial score (nSPS) is 14.3. The van der Waals surface area contributed by atoms with E-state index in [1.165, 1.54) is 5.56 Å². The Morgan fingerprint density at radius 3 is 2.48 bits per heavy atom. The van der Waals surface area contributed by atoms with Gasteiger partial charge in [0.2, 0.25) is 0 Å². The van der Waals surface area contributed by atoms with E-state index in [2.05, 4.69) is 18.9 Å². The minimum atomic E-state index is -3.57. The van der Waals surface area contributed by atoms with Crippen LogP contribution in [0.1, 0.15) is 48.3 Å². The van der Waals surface area contributed by atoms with Crippen molar-refractivity contribution in [2.24, 2.45) is 0 Å². The second-order valence-electron chi connectivity index (χ2n) is 7.31. The van der Waals surface area contributed by atoms with Gasteiger partial charge in [0, 0.05) is 11.1 Å². The summed E-state index contributed by atoms with van der Waals surface area (Å²) in [6.45, 7) is 6.13. The Bertz CT molecular complexity index is 1190. The van der Waals surface area contributed by atoms with Crippen molar-refractivity contribution >= 4 is 15.8 Å². The van der Waals surface area contributed by atoms with E-state index in [4.69, 9.17) is 4.74 Å². The van der Waals surface area contributed by atoms with Crippen LogP contribution in [0.25, 0.3) is 16.9 Å². The maximum Gasteiger partial charge on any atom is 0.359 e. The van der Waals surface area contributed by atoms with E-state index in [0.29, 0.717) is 22.7 Å². The lowest BCUT2D eigenvalue weighted by Gasteiger charge is -2.19. The summed E-state index contributed by atoms with van der Waals surface area (Å²) >= 11 is 0. The van der Waals surface area contributed by atoms with Gasteiger partial charge in [0.05, 0.1) is 28.6 Å². The summed E-state index contributed by atoms with van der Waals surface area (Å²) < 4.78 is 32.5. The highest BCUT2D eigenvalue weighted by Gasteiger charge is 2.36. The van der Waals surface area contributed by atoms with Crippen molar-refractivity contribution in [1.82, 2.24) is 9.78 Å². The summed E-state index contributed by atoms with van der Waals surface area (Å²) in [5.74, 6) is -0.509. The average Bonchev–Trinajstić information content (AvgIpc) is 3.07. The summed E-state index contributed by atoms with van der Waals surface area (Å²) in [5.41, 5.74) is 3.54. The molecule has 0 radical (unpaired) electrons. The average molecular weight is 410 g/mol.